The largest absolute Gasteiger partial charge is 0.292 e. The summed E-state index contributed by atoms with van der Waals surface area (Å²) in [7, 11) is 2.17. The molecule has 0 aromatic rings. The van der Waals surface area contributed by atoms with E-state index in [-0.39, 0.29) is 11.1 Å². The number of likely N-dealkylation sites (N-methyl/N-ethyl adjacent to an activating group) is 1. The third kappa shape index (κ3) is 1.48. The predicted molar refractivity (Wildman–Crippen MR) is 49.4 cm³/mol. The lowest BCUT2D eigenvalue weighted by molar-refractivity contribution is 0.0933. The van der Waals surface area contributed by atoms with Gasteiger partial charge in [0.2, 0.25) is 0 Å². The first kappa shape index (κ1) is 8.79. The van der Waals surface area contributed by atoms with E-state index in [2.05, 4.69) is 58.2 Å². The molecule has 0 aromatic carbocycles. The molecule has 1 nitrogen and oxygen atoms in total. The summed E-state index contributed by atoms with van der Waals surface area (Å²) >= 11 is 0. The summed E-state index contributed by atoms with van der Waals surface area (Å²) in [5, 5.41) is 0. The molecule has 0 amide bonds. The maximum absolute atomic E-state index is 2.38. The molecule has 0 unspecified atom stereocenters. The topological polar surface area (TPSA) is 3.24 Å². The second-order valence-corrected chi connectivity index (χ2v) is 4.39. The SMILES string of the molecule is CN1C(C)(C)[CH]C=CC1(C)C. The first-order valence-corrected chi connectivity index (χ1v) is 4.14. The molecular formula is C10H18N. The fourth-order valence-electron chi connectivity index (χ4n) is 1.49. The highest BCUT2D eigenvalue weighted by Crippen LogP contribution is 2.30. The molecule has 0 atom stereocenters. The molecule has 11 heavy (non-hydrogen) atoms. The van der Waals surface area contributed by atoms with Crippen molar-refractivity contribution in [1.29, 1.82) is 0 Å². The van der Waals surface area contributed by atoms with Crippen LogP contribution in [-0.4, -0.2) is 23.0 Å². The summed E-state index contributed by atoms with van der Waals surface area (Å²) in [4.78, 5) is 2.38. The van der Waals surface area contributed by atoms with Crippen LogP contribution in [0.1, 0.15) is 27.7 Å². The first-order valence-electron chi connectivity index (χ1n) is 4.14. The lowest BCUT2D eigenvalue weighted by Gasteiger charge is -2.47. The summed E-state index contributed by atoms with van der Waals surface area (Å²) in [6.45, 7) is 8.94. The minimum atomic E-state index is 0.193. The van der Waals surface area contributed by atoms with Crippen molar-refractivity contribution in [2.24, 2.45) is 0 Å². The molecule has 1 aliphatic rings. The molecule has 1 rings (SSSR count). The van der Waals surface area contributed by atoms with E-state index in [4.69, 9.17) is 0 Å². The van der Waals surface area contributed by atoms with Crippen molar-refractivity contribution in [2.75, 3.05) is 7.05 Å². The molecule has 0 bridgehead atoms. The minimum absolute atomic E-state index is 0.193. The molecule has 1 radical (unpaired) electrons. The fourth-order valence-corrected chi connectivity index (χ4v) is 1.49. The Balaban J connectivity index is 2.91. The highest BCUT2D eigenvalue weighted by Gasteiger charge is 2.35. The fraction of sp³-hybridized carbons (Fsp3) is 0.700. The van der Waals surface area contributed by atoms with Crippen molar-refractivity contribution in [1.82, 2.24) is 4.90 Å². The molecule has 0 aromatic heterocycles. The van der Waals surface area contributed by atoms with Gasteiger partial charge in [0.15, 0.2) is 0 Å². The summed E-state index contributed by atoms with van der Waals surface area (Å²) < 4.78 is 0. The van der Waals surface area contributed by atoms with Gasteiger partial charge in [-0.3, -0.25) is 4.90 Å². The second-order valence-electron chi connectivity index (χ2n) is 4.39. The average molecular weight is 152 g/mol. The zero-order valence-electron chi connectivity index (χ0n) is 8.18. The highest BCUT2D eigenvalue weighted by molar-refractivity contribution is 5.20. The lowest BCUT2D eigenvalue weighted by Crippen LogP contribution is -2.54. The van der Waals surface area contributed by atoms with Gasteiger partial charge < -0.3 is 0 Å². The van der Waals surface area contributed by atoms with E-state index in [1.54, 1.807) is 0 Å². The summed E-state index contributed by atoms with van der Waals surface area (Å²) in [5.41, 5.74) is 0.385. The van der Waals surface area contributed by atoms with Gasteiger partial charge in [-0.25, -0.2) is 0 Å². The van der Waals surface area contributed by atoms with E-state index in [0.717, 1.165) is 0 Å². The van der Waals surface area contributed by atoms with Crippen molar-refractivity contribution >= 4 is 0 Å². The molecule has 63 valence electrons. The van der Waals surface area contributed by atoms with Crippen LogP contribution in [0.5, 0.6) is 0 Å². The Morgan fingerprint density at radius 3 is 1.91 bits per heavy atom. The van der Waals surface area contributed by atoms with E-state index in [9.17, 15) is 0 Å². The van der Waals surface area contributed by atoms with E-state index < -0.39 is 0 Å². The zero-order chi connectivity index (χ0) is 8.70. The Labute approximate surface area is 70.1 Å². The summed E-state index contributed by atoms with van der Waals surface area (Å²) in [5.74, 6) is 0. The van der Waals surface area contributed by atoms with Crippen LogP contribution in [0.15, 0.2) is 12.2 Å². The number of hydrogen-bond donors (Lipinski definition) is 0. The maximum Gasteiger partial charge on any atom is 0.0337 e. The van der Waals surface area contributed by atoms with Crippen LogP contribution in [-0.2, 0) is 0 Å². The van der Waals surface area contributed by atoms with Crippen molar-refractivity contribution in [3.63, 3.8) is 0 Å². The maximum atomic E-state index is 2.38. The average Bonchev–Trinajstić information content (AvgIpc) is 1.82. The van der Waals surface area contributed by atoms with E-state index >= 15 is 0 Å². The van der Waals surface area contributed by atoms with E-state index in [1.165, 1.54) is 0 Å². The highest BCUT2D eigenvalue weighted by atomic mass is 15.2. The van der Waals surface area contributed by atoms with Gasteiger partial charge in [-0.1, -0.05) is 12.2 Å². The Morgan fingerprint density at radius 1 is 1.00 bits per heavy atom. The molecule has 0 spiro atoms. The normalized spacial score (nSPS) is 28.8. The van der Waals surface area contributed by atoms with Crippen LogP contribution in [0.4, 0.5) is 0 Å². The monoisotopic (exact) mass is 152 g/mol. The van der Waals surface area contributed by atoms with Crippen LogP contribution in [0, 0.1) is 6.42 Å². The second kappa shape index (κ2) is 2.34. The molecule has 0 saturated heterocycles. The van der Waals surface area contributed by atoms with E-state index in [1.807, 2.05) is 0 Å². The standard InChI is InChI=1S/C10H18N/c1-9(2)7-6-8-10(3,4)11(9)5/h6-8H,1-5H3. The van der Waals surface area contributed by atoms with Crippen LogP contribution in [0.3, 0.4) is 0 Å². The lowest BCUT2D eigenvalue weighted by atomic mass is 9.86. The third-order valence-electron chi connectivity index (χ3n) is 2.74. The smallest absolute Gasteiger partial charge is 0.0337 e. The molecule has 1 heterocycles. The van der Waals surface area contributed by atoms with Crippen molar-refractivity contribution < 1.29 is 0 Å². The van der Waals surface area contributed by atoms with Crippen molar-refractivity contribution in [3.8, 4) is 0 Å². The molecule has 1 heteroatoms. The summed E-state index contributed by atoms with van der Waals surface area (Å²) in [6.07, 6.45) is 6.64. The molecule has 0 N–H and O–H groups in total. The van der Waals surface area contributed by atoms with Gasteiger partial charge in [-0.15, -0.1) is 0 Å². The number of rotatable bonds is 0. The van der Waals surface area contributed by atoms with Crippen LogP contribution < -0.4 is 0 Å². The quantitative estimate of drug-likeness (QED) is 0.514. The van der Waals surface area contributed by atoms with Crippen molar-refractivity contribution in [3.05, 3.63) is 18.6 Å². The van der Waals surface area contributed by atoms with Gasteiger partial charge in [0.1, 0.15) is 0 Å². The zero-order valence-corrected chi connectivity index (χ0v) is 8.18. The van der Waals surface area contributed by atoms with Crippen molar-refractivity contribution in [2.45, 2.75) is 38.8 Å². The predicted octanol–water partition coefficient (Wildman–Crippen LogP) is 2.25. The Hall–Kier alpha value is -0.300. The van der Waals surface area contributed by atoms with E-state index in [0.29, 0.717) is 0 Å². The molecular weight excluding hydrogens is 134 g/mol. The van der Waals surface area contributed by atoms with Gasteiger partial charge in [0.05, 0.1) is 0 Å². The van der Waals surface area contributed by atoms with Gasteiger partial charge in [0.25, 0.3) is 0 Å². The third-order valence-corrected chi connectivity index (χ3v) is 2.74. The molecule has 0 fully saturated rings. The van der Waals surface area contributed by atoms with Gasteiger partial charge in [-0.2, -0.15) is 0 Å². The Bertz CT molecular complexity index is 177. The first-order chi connectivity index (χ1) is 4.86. The molecule has 0 saturated carbocycles. The van der Waals surface area contributed by atoms with Gasteiger partial charge >= 0.3 is 0 Å². The van der Waals surface area contributed by atoms with Gasteiger partial charge in [0, 0.05) is 17.5 Å². The summed E-state index contributed by atoms with van der Waals surface area (Å²) in [6, 6.07) is 0. The number of hydrogen-bond acceptors (Lipinski definition) is 1. The minimum Gasteiger partial charge on any atom is -0.292 e. The number of nitrogens with zero attached hydrogens (tertiary/aromatic N) is 1. The Morgan fingerprint density at radius 2 is 1.55 bits per heavy atom. The Kier molecular flexibility index (Phi) is 1.87. The van der Waals surface area contributed by atoms with Crippen LogP contribution in [0.2, 0.25) is 0 Å². The van der Waals surface area contributed by atoms with Gasteiger partial charge in [-0.05, 0) is 34.7 Å². The molecule has 1 aliphatic heterocycles. The molecule has 0 aliphatic carbocycles. The van der Waals surface area contributed by atoms with Crippen LogP contribution >= 0.6 is 0 Å². The van der Waals surface area contributed by atoms with Crippen LogP contribution in [0.25, 0.3) is 0 Å².